The molecule has 0 N–H and O–H groups in total. The molecule has 4 aromatic heterocycles. The first-order chi connectivity index (χ1) is 23.3. The molecule has 0 aliphatic rings. The number of para-hydroxylation sites is 1. The zero-order valence-corrected chi connectivity index (χ0v) is 25.2. The molecule has 4 heterocycles. The maximum atomic E-state index is 6.59. The standard InChI is InChI=1S/C43H25N3O/c1-2-9-27(10-3-1)34-23-21-30-18-19-31-22-24-35(45-42(31)41(30)44-34)28-14-16-29(17-15-28)40-39-33-12-6-7-13-37(33)47-43(39)38-32-11-5-4-8-26(32)20-25-36(38)46-40/h1-25H. The van der Waals surface area contributed by atoms with E-state index in [1.54, 1.807) is 0 Å². The van der Waals surface area contributed by atoms with Crippen molar-refractivity contribution in [2.45, 2.75) is 0 Å². The minimum absolute atomic E-state index is 0.860. The van der Waals surface area contributed by atoms with Gasteiger partial charge in [-0.1, -0.05) is 127 Å². The summed E-state index contributed by atoms with van der Waals surface area (Å²) < 4.78 is 6.59. The van der Waals surface area contributed by atoms with Gasteiger partial charge in [0.1, 0.15) is 11.2 Å². The predicted molar refractivity (Wildman–Crippen MR) is 193 cm³/mol. The van der Waals surface area contributed by atoms with Crippen LogP contribution in [0.5, 0.6) is 0 Å². The molecule has 0 amide bonds. The molecular weight excluding hydrogens is 574 g/mol. The first kappa shape index (κ1) is 25.9. The van der Waals surface area contributed by atoms with E-state index in [9.17, 15) is 0 Å². The fraction of sp³-hybridized carbons (Fsp3) is 0. The molecule has 10 aromatic rings. The van der Waals surface area contributed by atoms with Gasteiger partial charge in [0.2, 0.25) is 0 Å². The number of hydrogen-bond acceptors (Lipinski definition) is 4. The molecule has 218 valence electrons. The van der Waals surface area contributed by atoms with E-state index in [-0.39, 0.29) is 0 Å². The number of benzene rings is 6. The van der Waals surface area contributed by atoms with Crippen LogP contribution < -0.4 is 0 Å². The Labute approximate surface area is 269 Å². The molecule has 0 atom stereocenters. The average Bonchev–Trinajstić information content (AvgIpc) is 3.54. The van der Waals surface area contributed by atoms with E-state index in [0.717, 1.165) is 93.8 Å². The minimum atomic E-state index is 0.860. The van der Waals surface area contributed by atoms with Gasteiger partial charge in [0.05, 0.1) is 44.4 Å². The van der Waals surface area contributed by atoms with Gasteiger partial charge < -0.3 is 4.42 Å². The fourth-order valence-electron chi connectivity index (χ4n) is 6.93. The zero-order valence-electron chi connectivity index (χ0n) is 25.2. The Bertz CT molecular complexity index is 2840. The largest absolute Gasteiger partial charge is 0.455 e. The van der Waals surface area contributed by atoms with Gasteiger partial charge in [0.15, 0.2) is 0 Å². The summed E-state index contributed by atoms with van der Waals surface area (Å²) in [6.07, 6.45) is 0. The zero-order chi connectivity index (χ0) is 30.9. The lowest BCUT2D eigenvalue weighted by molar-refractivity contribution is 0.673. The van der Waals surface area contributed by atoms with E-state index in [4.69, 9.17) is 19.4 Å². The van der Waals surface area contributed by atoms with Crippen LogP contribution in [-0.2, 0) is 0 Å². The molecule has 0 fully saturated rings. The lowest BCUT2D eigenvalue weighted by Crippen LogP contribution is -1.92. The number of nitrogens with zero attached hydrogens (tertiary/aromatic N) is 3. The SMILES string of the molecule is c1ccc(-c2ccc3ccc4ccc(-c5ccc(-c6nc7ccc8ccccc8c7c7oc8ccccc8c67)cc5)nc4c3n2)cc1. The van der Waals surface area contributed by atoms with Gasteiger partial charge in [-0.3, -0.25) is 0 Å². The molecule has 0 aliphatic carbocycles. The van der Waals surface area contributed by atoms with Gasteiger partial charge in [-0.2, -0.15) is 0 Å². The molecule has 6 aromatic carbocycles. The Hall–Kier alpha value is -6.39. The predicted octanol–water partition coefficient (Wildman–Crippen LogP) is 11.4. The highest BCUT2D eigenvalue weighted by atomic mass is 16.3. The van der Waals surface area contributed by atoms with Crippen molar-refractivity contribution in [2.75, 3.05) is 0 Å². The van der Waals surface area contributed by atoms with Crippen LogP contribution in [0.15, 0.2) is 156 Å². The second-order valence-corrected chi connectivity index (χ2v) is 12.0. The molecule has 0 saturated carbocycles. The van der Waals surface area contributed by atoms with Crippen LogP contribution in [-0.4, -0.2) is 15.0 Å². The van der Waals surface area contributed by atoms with Crippen molar-refractivity contribution in [3.05, 3.63) is 152 Å². The molecule has 0 radical (unpaired) electrons. The number of fused-ring (bicyclic) bond motifs is 10. The first-order valence-electron chi connectivity index (χ1n) is 15.8. The Morgan fingerprint density at radius 3 is 1.70 bits per heavy atom. The van der Waals surface area contributed by atoms with Gasteiger partial charge >= 0.3 is 0 Å². The monoisotopic (exact) mass is 599 g/mol. The van der Waals surface area contributed by atoms with Gasteiger partial charge in [-0.05, 0) is 35.0 Å². The summed E-state index contributed by atoms with van der Waals surface area (Å²) in [6.45, 7) is 0. The van der Waals surface area contributed by atoms with E-state index in [1.165, 1.54) is 5.39 Å². The first-order valence-corrected chi connectivity index (χ1v) is 15.8. The lowest BCUT2D eigenvalue weighted by Gasteiger charge is -2.10. The molecular formula is C43H25N3O. The quantitative estimate of drug-likeness (QED) is 0.190. The van der Waals surface area contributed by atoms with Crippen LogP contribution in [0.1, 0.15) is 0 Å². The third kappa shape index (κ3) is 4.05. The third-order valence-electron chi connectivity index (χ3n) is 9.24. The molecule has 0 unspecified atom stereocenters. The van der Waals surface area contributed by atoms with Crippen molar-refractivity contribution in [2.24, 2.45) is 0 Å². The Morgan fingerprint density at radius 1 is 0.383 bits per heavy atom. The fourth-order valence-corrected chi connectivity index (χ4v) is 6.93. The summed E-state index contributed by atoms with van der Waals surface area (Å²) in [4.78, 5) is 15.5. The topological polar surface area (TPSA) is 51.8 Å². The van der Waals surface area contributed by atoms with Crippen molar-refractivity contribution in [3.63, 3.8) is 0 Å². The summed E-state index contributed by atoms with van der Waals surface area (Å²) in [5, 5.41) is 7.60. The lowest BCUT2D eigenvalue weighted by atomic mass is 9.98. The van der Waals surface area contributed by atoms with Crippen molar-refractivity contribution >= 4 is 65.4 Å². The van der Waals surface area contributed by atoms with Gasteiger partial charge in [0, 0.05) is 32.8 Å². The Balaban J connectivity index is 1.13. The Kier molecular flexibility index (Phi) is 5.54. The molecule has 4 heteroatoms. The van der Waals surface area contributed by atoms with Crippen LogP contribution in [0.2, 0.25) is 0 Å². The van der Waals surface area contributed by atoms with Crippen LogP contribution in [0.4, 0.5) is 0 Å². The minimum Gasteiger partial charge on any atom is -0.455 e. The highest BCUT2D eigenvalue weighted by Crippen LogP contribution is 2.42. The highest BCUT2D eigenvalue weighted by molar-refractivity contribution is 6.25. The normalized spacial score (nSPS) is 11.8. The number of hydrogen-bond donors (Lipinski definition) is 0. The Morgan fingerprint density at radius 2 is 0.957 bits per heavy atom. The van der Waals surface area contributed by atoms with Gasteiger partial charge in [-0.25, -0.2) is 15.0 Å². The third-order valence-corrected chi connectivity index (χ3v) is 9.24. The van der Waals surface area contributed by atoms with Crippen LogP contribution in [0, 0.1) is 0 Å². The van der Waals surface area contributed by atoms with E-state index in [2.05, 4.69) is 121 Å². The van der Waals surface area contributed by atoms with E-state index >= 15 is 0 Å². The number of pyridine rings is 3. The highest BCUT2D eigenvalue weighted by Gasteiger charge is 2.19. The molecule has 0 saturated heterocycles. The van der Waals surface area contributed by atoms with Crippen molar-refractivity contribution < 1.29 is 4.42 Å². The van der Waals surface area contributed by atoms with E-state index in [0.29, 0.717) is 0 Å². The van der Waals surface area contributed by atoms with Crippen molar-refractivity contribution in [1.29, 1.82) is 0 Å². The number of furan rings is 1. The van der Waals surface area contributed by atoms with Gasteiger partial charge in [-0.15, -0.1) is 0 Å². The molecule has 47 heavy (non-hydrogen) atoms. The van der Waals surface area contributed by atoms with Crippen LogP contribution in [0.25, 0.3) is 99.2 Å². The van der Waals surface area contributed by atoms with E-state index < -0.39 is 0 Å². The molecule has 10 rings (SSSR count). The second kappa shape index (κ2) is 10.1. The van der Waals surface area contributed by atoms with E-state index in [1.807, 2.05) is 30.3 Å². The summed E-state index contributed by atoms with van der Waals surface area (Å²) >= 11 is 0. The summed E-state index contributed by atoms with van der Waals surface area (Å²) in [5.41, 5.74) is 10.4. The maximum absolute atomic E-state index is 6.59. The molecule has 0 aliphatic heterocycles. The van der Waals surface area contributed by atoms with Crippen molar-refractivity contribution in [1.82, 2.24) is 15.0 Å². The van der Waals surface area contributed by atoms with Crippen LogP contribution in [0.3, 0.4) is 0 Å². The molecule has 0 bridgehead atoms. The van der Waals surface area contributed by atoms with Crippen LogP contribution >= 0.6 is 0 Å². The average molecular weight is 600 g/mol. The second-order valence-electron chi connectivity index (χ2n) is 12.0. The molecule has 0 spiro atoms. The smallest absolute Gasteiger partial charge is 0.147 e. The summed E-state index contributed by atoms with van der Waals surface area (Å²) in [7, 11) is 0. The summed E-state index contributed by atoms with van der Waals surface area (Å²) in [5.74, 6) is 0. The molecule has 4 nitrogen and oxygen atoms in total. The van der Waals surface area contributed by atoms with Crippen molar-refractivity contribution in [3.8, 4) is 33.8 Å². The summed E-state index contributed by atoms with van der Waals surface area (Å²) in [6, 6.07) is 52.4. The van der Waals surface area contributed by atoms with Gasteiger partial charge in [0.25, 0.3) is 0 Å². The number of aromatic nitrogens is 3. The number of rotatable bonds is 3. The maximum Gasteiger partial charge on any atom is 0.147 e.